The zero-order valence-corrected chi connectivity index (χ0v) is 24.0. The maximum Gasteiger partial charge on any atom is 0.264 e. The van der Waals surface area contributed by atoms with Crippen LogP contribution in [-0.2, 0) is 26.2 Å². The summed E-state index contributed by atoms with van der Waals surface area (Å²) in [5.74, 6) is -0.912. The van der Waals surface area contributed by atoms with Gasteiger partial charge in [0.1, 0.15) is 12.6 Å². The molecule has 10 heteroatoms. The molecule has 0 saturated heterocycles. The standard InChI is InChI=1S/C28H31Cl2N3O4S/c1-20(27(35)31-28(2,3)4)32(18-21-11-7-5-8-12-21)26(34)19-33(22-15-16-24(29)25(30)17-22)38(36,37)23-13-9-6-10-14-23/h5-17,20H,18-19H2,1-4H3,(H,31,35)/t20-/m1/s1. The maximum atomic E-state index is 13.9. The Hall–Kier alpha value is -3.07. The minimum Gasteiger partial charge on any atom is -0.350 e. The monoisotopic (exact) mass is 575 g/mol. The van der Waals surface area contributed by atoms with Crippen molar-refractivity contribution >= 4 is 50.7 Å². The molecule has 3 rings (SSSR count). The number of anilines is 1. The second-order valence-corrected chi connectivity index (χ2v) is 12.5. The molecule has 0 radical (unpaired) electrons. The normalized spacial score (nSPS) is 12.5. The lowest BCUT2D eigenvalue weighted by Crippen LogP contribution is -2.54. The second kappa shape index (κ2) is 12.2. The van der Waals surface area contributed by atoms with Crippen molar-refractivity contribution in [1.82, 2.24) is 10.2 Å². The van der Waals surface area contributed by atoms with Crippen LogP contribution in [0.5, 0.6) is 0 Å². The van der Waals surface area contributed by atoms with Crippen molar-refractivity contribution in [1.29, 1.82) is 0 Å². The van der Waals surface area contributed by atoms with Crippen LogP contribution in [0.3, 0.4) is 0 Å². The molecule has 0 heterocycles. The Labute approximate surface area is 234 Å². The second-order valence-electron chi connectivity index (χ2n) is 9.85. The SMILES string of the molecule is C[C@H](C(=O)NC(C)(C)C)N(Cc1ccccc1)C(=O)CN(c1ccc(Cl)c(Cl)c1)S(=O)(=O)c1ccccc1. The zero-order chi connectivity index (χ0) is 28.1. The third kappa shape index (κ3) is 7.49. The quantitative estimate of drug-likeness (QED) is 0.364. The van der Waals surface area contributed by atoms with Gasteiger partial charge in [0, 0.05) is 12.1 Å². The van der Waals surface area contributed by atoms with E-state index in [2.05, 4.69) is 5.32 Å². The van der Waals surface area contributed by atoms with Gasteiger partial charge in [0.15, 0.2) is 0 Å². The van der Waals surface area contributed by atoms with Crippen LogP contribution in [0.4, 0.5) is 5.69 Å². The number of carbonyl (C=O) groups is 2. The topological polar surface area (TPSA) is 86.8 Å². The van der Waals surface area contributed by atoms with E-state index in [-0.39, 0.29) is 33.1 Å². The number of amides is 2. The van der Waals surface area contributed by atoms with E-state index in [4.69, 9.17) is 23.2 Å². The summed E-state index contributed by atoms with van der Waals surface area (Å²) in [6.07, 6.45) is 0. The van der Waals surface area contributed by atoms with Gasteiger partial charge in [-0.3, -0.25) is 13.9 Å². The van der Waals surface area contributed by atoms with Gasteiger partial charge in [-0.1, -0.05) is 71.7 Å². The predicted octanol–water partition coefficient (Wildman–Crippen LogP) is 5.52. The first kappa shape index (κ1) is 29.5. The van der Waals surface area contributed by atoms with Crippen LogP contribution in [0, 0.1) is 0 Å². The summed E-state index contributed by atoms with van der Waals surface area (Å²) in [6.45, 7) is 6.71. The van der Waals surface area contributed by atoms with Gasteiger partial charge in [0.05, 0.1) is 20.6 Å². The molecule has 7 nitrogen and oxygen atoms in total. The molecule has 0 fully saturated rings. The molecule has 0 aliphatic heterocycles. The number of nitrogens with one attached hydrogen (secondary N) is 1. The fourth-order valence-corrected chi connectivity index (χ4v) is 5.44. The highest BCUT2D eigenvalue weighted by Crippen LogP contribution is 2.31. The number of hydrogen-bond donors (Lipinski definition) is 1. The fraction of sp³-hybridized carbons (Fsp3) is 0.286. The Morgan fingerprint density at radius 1 is 0.895 bits per heavy atom. The van der Waals surface area contributed by atoms with Crippen LogP contribution in [-0.4, -0.2) is 43.3 Å². The number of nitrogens with zero attached hydrogens (tertiary/aromatic N) is 2. The van der Waals surface area contributed by atoms with Crippen molar-refractivity contribution < 1.29 is 18.0 Å². The Bertz CT molecular complexity index is 1380. The minimum absolute atomic E-state index is 0.00649. The van der Waals surface area contributed by atoms with Gasteiger partial charge in [-0.05, 0) is 63.6 Å². The van der Waals surface area contributed by atoms with Gasteiger partial charge in [-0.15, -0.1) is 0 Å². The van der Waals surface area contributed by atoms with Crippen LogP contribution in [0.2, 0.25) is 10.0 Å². The molecule has 0 spiro atoms. The Morgan fingerprint density at radius 3 is 2.03 bits per heavy atom. The number of sulfonamides is 1. The van der Waals surface area contributed by atoms with Crippen molar-refractivity contribution in [2.45, 2.75) is 50.7 Å². The summed E-state index contributed by atoms with van der Waals surface area (Å²) in [7, 11) is -4.18. The van der Waals surface area contributed by atoms with E-state index in [0.717, 1.165) is 9.87 Å². The third-order valence-electron chi connectivity index (χ3n) is 5.66. The van der Waals surface area contributed by atoms with Gasteiger partial charge in [0.2, 0.25) is 11.8 Å². The first-order valence-electron chi connectivity index (χ1n) is 12.0. The van der Waals surface area contributed by atoms with Crippen molar-refractivity contribution in [3.05, 3.63) is 94.5 Å². The van der Waals surface area contributed by atoms with Gasteiger partial charge in [-0.25, -0.2) is 8.42 Å². The third-order valence-corrected chi connectivity index (χ3v) is 8.19. The van der Waals surface area contributed by atoms with E-state index in [0.29, 0.717) is 0 Å². The van der Waals surface area contributed by atoms with Crippen molar-refractivity contribution in [2.24, 2.45) is 0 Å². The highest BCUT2D eigenvalue weighted by atomic mass is 35.5. The van der Waals surface area contributed by atoms with E-state index in [1.807, 2.05) is 51.1 Å². The molecule has 202 valence electrons. The van der Waals surface area contributed by atoms with Gasteiger partial charge in [-0.2, -0.15) is 0 Å². The average Bonchev–Trinajstić information content (AvgIpc) is 2.87. The maximum absolute atomic E-state index is 13.9. The Kier molecular flexibility index (Phi) is 9.46. The van der Waals surface area contributed by atoms with E-state index in [9.17, 15) is 18.0 Å². The van der Waals surface area contributed by atoms with Crippen molar-refractivity contribution in [3.8, 4) is 0 Å². The molecule has 0 aromatic heterocycles. The largest absolute Gasteiger partial charge is 0.350 e. The molecular formula is C28H31Cl2N3O4S. The summed E-state index contributed by atoms with van der Waals surface area (Å²) in [5.41, 5.74) is 0.446. The number of hydrogen-bond acceptors (Lipinski definition) is 4. The number of halogens is 2. The Morgan fingerprint density at radius 2 is 1.47 bits per heavy atom. The molecule has 1 atom stereocenters. The highest BCUT2D eigenvalue weighted by molar-refractivity contribution is 7.92. The van der Waals surface area contributed by atoms with Crippen LogP contribution in [0.25, 0.3) is 0 Å². The van der Waals surface area contributed by atoms with Crippen LogP contribution in [0.1, 0.15) is 33.3 Å². The van der Waals surface area contributed by atoms with E-state index in [1.165, 1.54) is 35.2 Å². The summed E-state index contributed by atoms with van der Waals surface area (Å²) in [6, 6.07) is 20.5. The molecule has 0 bridgehead atoms. The molecule has 0 aliphatic carbocycles. The smallest absolute Gasteiger partial charge is 0.264 e. The van der Waals surface area contributed by atoms with Gasteiger partial charge in [0.25, 0.3) is 10.0 Å². The van der Waals surface area contributed by atoms with Crippen LogP contribution >= 0.6 is 23.2 Å². The number of carbonyl (C=O) groups excluding carboxylic acids is 2. The van der Waals surface area contributed by atoms with Crippen LogP contribution < -0.4 is 9.62 Å². The van der Waals surface area contributed by atoms with E-state index < -0.39 is 34.1 Å². The van der Waals surface area contributed by atoms with Crippen molar-refractivity contribution in [3.63, 3.8) is 0 Å². The molecule has 0 saturated carbocycles. The predicted molar refractivity (Wildman–Crippen MR) is 152 cm³/mol. The van der Waals surface area contributed by atoms with Gasteiger partial charge >= 0.3 is 0 Å². The number of rotatable bonds is 9. The zero-order valence-electron chi connectivity index (χ0n) is 21.7. The van der Waals surface area contributed by atoms with Gasteiger partial charge < -0.3 is 10.2 Å². The first-order chi connectivity index (χ1) is 17.8. The summed E-state index contributed by atoms with van der Waals surface area (Å²) in [4.78, 5) is 28.3. The molecule has 2 amide bonds. The lowest BCUT2D eigenvalue weighted by atomic mass is 10.1. The summed E-state index contributed by atoms with van der Waals surface area (Å²) < 4.78 is 28.5. The molecule has 0 aliphatic rings. The lowest BCUT2D eigenvalue weighted by molar-refractivity contribution is -0.140. The molecular weight excluding hydrogens is 545 g/mol. The average molecular weight is 577 g/mol. The summed E-state index contributed by atoms with van der Waals surface area (Å²) in [5, 5.41) is 3.29. The van der Waals surface area contributed by atoms with E-state index in [1.54, 1.807) is 25.1 Å². The van der Waals surface area contributed by atoms with Crippen LogP contribution in [0.15, 0.2) is 83.8 Å². The molecule has 38 heavy (non-hydrogen) atoms. The molecule has 3 aromatic rings. The van der Waals surface area contributed by atoms with Crippen molar-refractivity contribution in [2.75, 3.05) is 10.8 Å². The molecule has 0 unspecified atom stereocenters. The summed E-state index contributed by atoms with van der Waals surface area (Å²) >= 11 is 12.3. The number of benzene rings is 3. The minimum atomic E-state index is -4.18. The molecule has 1 N–H and O–H groups in total. The lowest BCUT2D eigenvalue weighted by Gasteiger charge is -2.33. The van der Waals surface area contributed by atoms with E-state index >= 15 is 0 Å². The highest BCUT2D eigenvalue weighted by Gasteiger charge is 2.33. The first-order valence-corrected chi connectivity index (χ1v) is 14.2. The fourth-order valence-electron chi connectivity index (χ4n) is 3.73. The molecule has 3 aromatic carbocycles. The Balaban J connectivity index is 2.04.